The SMILES string of the molecule is CCOC(=O)C(CN(C)Cc1ccccc1)(NC=O)C(=O)OCC. The molecule has 1 amide bonds. The number of likely N-dealkylation sites (N-methyl/N-ethyl adjacent to an activating group) is 1. The van der Waals surface area contributed by atoms with Gasteiger partial charge in [-0.1, -0.05) is 30.3 Å². The first-order valence-corrected chi connectivity index (χ1v) is 7.78. The molecule has 0 aliphatic rings. The maximum Gasteiger partial charge on any atom is 0.345 e. The summed E-state index contributed by atoms with van der Waals surface area (Å²) in [5.41, 5.74) is -0.884. The molecular formula is C17H24N2O5. The fourth-order valence-electron chi connectivity index (χ4n) is 2.34. The van der Waals surface area contributed by atoms with Crippen LogP contribution in [-0.4, -0.2) is 55.6 Å². The lowest BCUT2D eigenvalue weighted by Gasteiger charge is -2.32. The number of esters is 2. The van der Waals surface area contributed by atoms with E-state index in [1.54, 1.807) is 25.8 Å². The van der Waals surface area contributed by atoms with Crippen molar-refractivity contribution in [1.29, 1.82) is 0 Å². The Morgan fingerprint density at radius 3 is 2.12 bits per heavy atom. The molecule has 0 aliphatic heterocycles. The number of hydrogen-bond donors (Lipinski definition) is 1. The lowest BCUT2D eigenvalue weighted by Crippen LogP contribution is -2.64. The lowest BCUT2D eigenvalue weighted by molar-refractivity contribution is -0.168. The van der Waals surface area contributed by atoms with Crippen molar-refractivity contribution in [2.45, 2.75) is 25.9 Å². The molecule has 0 heterocycles. The lowest BCUT2D eigenvalue weighted by atomic mass is 9.98. The maximum atomic E-state index is 12.4. The summed E-state index contributed by atoms with van der Waals surface area (Å²) in [7, 11) is 1.74. The zero-order chi connectivity index (χ0) is 18.0. The molecule has 0 bridgehead atoms. The molecule has 24 heavy (non-hydrogen) atoms. The fourth-order valence-corrected chi connectivity index (χ4v) is 2.34. The van der Waals surface area contributed by atoms with E-state index in [9.17, 15) is 14.4 Å². The van der Waals surface area contributed by atoms with Crippen LogP contribution in [0, 0.1) is 0 Å². The summed E-state index contributed by atoms with van der Waals surface area (Å²) in [5.74, 6) is -1.68. The Balaban J connectivity index is 3.03. The van der Waals surface area contributed by atoms with Crippen LogP contribution in [0.3, 0.4) is 0 Å². The van der Waals surface area contributed by atoms with Gasteiger partial charge < -0.3 is 14.8 Å². The van der Waals surface area contributed by atoms with E-state index in [-0.39, 0.29) is 19.8 Å². The highest BCUT2D eigenvalue weighted by Gasteiger charge is 2.50. The summed E-state index contributed by atoms with van der Waals surface area (Å²) in [6.45, 7) is 3.84. The highest BCUT2D eigenvalue weighted by atomic mass is 16.6. The van der Waals surface area contributed by atoms with Crippen LogP contribution >= 0.6 is 0 Å². The number of carbonyl (C=O) groups is 3. The van der Waals surface area contributed by atoms with Crippen LogP contribution in [0.5, 0.6) is 0 Å². The van der Waals surface area contributed by atoms with Crippen molar-refractivity contribution >= 4 is 18.3 Å². The Bertz CT molecular complexity index is 529. The van der Waals surface area contributed by atoms with E-state index >= 15 is 0 Å². The number of ether oxygens (including phenoxy) is 2. The molecular weight excluding hydrogens is 312 g/mol. The summed E-state index contributed by atoms with van der Waals surface area (Å²) in [4.78, 5) is 37.6. The van der Waals surface area contributed by atoms with Gasteiger partial charge in [0, 0.05) is 13.1 Å². The zero-order valence-electron chi connectivity index (χ0n) is 14.3. The molecule has 1 N–H and O–H groups in total. The van der Waals surface area contributed by atoms with Crippen LogP contribution in [0.25, 0.3) is 0 Å². The second-order valence-corrected chi connectivity index (χ2v) is 5.27. The van der Waals surface area contributed by atoms with Gasteiger partial charge in [-0.3, -0.25) is 9.69 Å². The monoisotopic (exact) mass is 336 g/mol. The molecule has 0 fully saturated rings. The predicted octanol–water partition coefficient (Wildman–Crippen LogP) is 0.729. The Morgan fingerprint density at radius 2 is 1.67 bits per heavy atom. The first-order chi connectivity index (χ1) is 11.5. The van der Waals surface area contributed by atoms with E-state index in [1.165, 1.54) is 0 Å². The number of nitrogens with zero attached hydrogens (tertiary/aromatic N) is 1. The molecule has 0 aromatic heterocycles. The van der Waals surface area contributed by atoms with E-state index < -0.39 is 17.5 Å². The van der Waals surface area contributed by atoms with Crippen molar-refractivity contribution in [1.82, 2.24) is 10.2 Å². The van der Waals surface area contributed by atoms with Crippen LogP contribution in [0.2, 0.25) is 0 Å². The van der Waals surface area contributed by atoms with Gasteiger partial charge in [0.05, 0.1) is 13.2 Å². The quantitative estimate of drug-likeness (QED) is 0.385. The third-order valence-electron chi connectivity index (χ3n) is 3.36. The minimum atomic E-state index is -1.89. The molecule has 0 saturated heterocycles. The molecule has 7 nitrogen and oxygen atoms in total. The van der Waals surface area contributed by atoms with Crippen molar-refractivity contribution in [3.8, 4) is 0 Å². The molecule has 1 rings (SSSR count). The van der Waals surface area contributed by atoms with Gasteiger partial charge in [-0.15, -0.1) is 0 Å². The molecule has 0 atom stereocenters. The van der Waals surface area contributed by atoms with Gasteiger partial charge in [0.15, 0.2) is 0 Å². The summed E-state index contributed by atoms with van der Waals surface area (Å²) >= 11 is 0. The average Bonchev–Trinajstić information content (AvgIpc) is 2.55. The van der Waals surface area contributed by atoms with Crippen LogP contribution < -0.4 is 5.32 Å². The van der Waals surface area contributed by atoms with Crippen molar-refractivity contribution < 1.29 is 23.9 Å². The van der Waals surface area contributed by atoms with E-state index in [1.807, 2.05) is 30.3 Å². The smallest absolute Gasteiger partial charge is 0.345 e. The molecule has 0 saturated carbocycles. The van der Waals surface area contributed by atoms with Gasteiger partial charge in [0.1, 0.15) is 0 Å². The Morgan fingerprint density at radius 1 is 1.12 bits per heavy atom. The molecule has 0 unspecified atom stereocenters. The number of carbonyl (C=O) groups excluding carboxylic acids is 3. The number of nitrogens with one attached hydrogen (secondary N) is 1. The Kier molecular flexibility index (Phi) is 7.91. The van der Waals surface area contributed by atoms with Crippen molar-refractivity contribution in [3.05, 3.63) is 35.9 Å². The average molecular weight is 336 g/mol. The first-order valence-electron chi connectivity index (χ1n) is 7.78. The standard InChI is InChI=1S/C17H24N2O5/c1-4-23-15(21)17(18-13-20,16(22)24-5-2)12-19(3)11-14-9-7-6-8-10-14/h6-10,13H,4-5,11-12H2,1-3H3,(H,18,20). The minimum absolute atomic E-state index is 0.0711. The second-order valence-electron chi connectivity index (χ2n) is 5.27. The molecule has 132 valence electrons. The van der Waals surface area contributed by atoms with Crippen LogP contribution in [-0.2, 0) is 30.4 Å². The molecule has 7 heteroatoms. The van der Waals surface area contributed by atoms with E-state index in [0.29, 0.717) is 13.0 Å². The highest BCUT2D eigenvalue weighted by Crippen LogP contribution is 2.14. The van der Waals surface area contributed by atoms with Gasteiger partial charge in [-0.05, 0) is 26.5 Å². The summed E-state index contributed by atoms with van der Waals surface area (Å²) < 4.78 is 9.98. The third-order valence-corrected chi connectivity index (χ3v) is 3.36. The molecule has 0 radical (unpaired) electrons. The number of hydrogen-bond acceptors (Lipinski definition) is 6. The number of amides is 1. The van der Waals surface area contributed by atoms with Crippen LogP contribution in [0.1, 0.15) is 19.4 Å². The van der Waals surface area contributed by atoms with Gasteiger partial charge >= 0.3 is 11.9 Å². The topological polar surface area (TPSA) is 84.9 Å². The Hall–Kier alpha value is -2.41. The van der Waals surface area contributed by atoms with E-state index in [0.717, 1.165) is 5.56 Å². The minimum Gasteiger partial charge on any atom is -0.464 e. The summed E-state index contributed by atoms with van der Waals surface area (Å²) in [5, 5.41) is 2.31. The predicted molar refractivity (Wildman–Crippen MR) is 88.0 cm³/mol. The van der Waals surface area contributed by atoms with Gasteiger partial charge in [0.25, 0.3) is 0 Å². The summed E-state index contributed by atoms with van der Waals surface area (Å²) in [6, 6.07) is 9.56. The van der Waals surface area contributed by atoms with Crippen molar-refractivity contribution in [2.24, 2.45) is 0 Å². The number of rotatable bonds is 10. The van der Waals surface area contributed by atoms with E-state index in [4.69, 9.17) is 9.47 Å². The van der Waals surface area contributed by atoms with Gasteiger partial charge in [-0.2, -0.15) is 0 Å². The normalized spacial score (nSPS) is 11.0. The molecule has 1 aromatic rings. The third kappa shape index (κ3) is 5.06. The number of benzene rings is 1. The Labute approximate surface area is 141 Å². The first kappa shape index (κ1) is 19.6. The van der Waals surface area contributed by atoms with Crippen LogP contribution in [0.15, 0.2) is 30.3 Å². The maximum absolute atomic E-state index is 12.4. The van der Waals surface area contributed by atoms with Gasteiger partial charge in [-0.25, -0.2) is 9.59 Å². The summed E-state index contributed by atoms with van der Waals surface area (Å²) in [6.07, 6.45) is 0.310. The van der Waals surface area contributed by atoms with Gasteiger partial charge in [0.2, 0.25) is 11.9 Å². The highest BCUT2D eigenvalue weighted by molar-refractivity contribution is 6.06. The van der Waals surface area contributed by atoms with E-state index in [2.05, 4.69) is 5.32 Å². The van der Waals surface area contributed by atoms with Crippen molar-refractivity contribution in [3.63, 3.8) is 0 Å². The fraction of sp³-hybridized carbons (Fsp3) is 0.471. The van der Waals surface area contributed by atoms with Crippen LogP contribution in [0.4, 0.5) is 0 Å². The van der Waals surface area contributed by atoms with Crippen molar-refractivity contribution in [2.75, 3.05) is 26.8 Å². The second kappa shape index (κ2) is 9.67. The zero-order valence-corrected chi connectivity index (χ0v) is 14.3. The molecule has 0 spiro atoms. The molecule has 0 aliphatic carbocycles. The largest absolute Gasteiger partial charge is 0.464 e. The molecule has 1 aromatic carbocycles.